The number of esters is 4. The molecule has 0 aromatic heterocycles. The highest BCUT2D eigenvalue weighted by Gasteiger charge is 2.30. The fraction of sp³-hybridized carbons (Fsp3) is 0.906. The SMILES string of the molecule is CCCCCC/C=C\C=C/CCCCCCCC(=O)OC[C@H](COP(=O)(O)OC[C@@H](O)COP(=O)(O)OC[C@@H](COC(=O)CCCCCCCCC(C)CC)OC(=O)CCCCCCCCCCCCCCCCCCCCC(C)C)OC(=O)CCCCCCCCCCCCCCCCC(C)CC. The molecule has 104 heavy (non-hydrogen) atoms. The number of phosphoric ester groups is 2. The third-order valence-electron chi connectivity index (χ3n) is 20.0. The molecule has 3 N–H and O–H groups in total. The van der Waals surface area contributed by atoms with Crippen molar-refractivity contribution in [2.45, 2.75) is 439 Å². The zero-order chi connectivity index (χ0) is 76.5. The lowest BCUT2D eigenvalue weighted by Crippen LogP contribution is -2.30. The van der Waals surface area contributed by atoms with Crippen molar-refractivity contribution < 1.29 is 80.2 Å². The van der Waals surface area contributed by atoms with Gasteiger partial charge in [0.15, 0.2) is 12.2 Å². The Labute approximate surface area is 637 Å². The minimum atomic E-state index is -4.97. The lowest BCUT2D eigenvalue weighted by atomic mass is 9.99. The van der Waals surface area contributed by atoms with Crippen molar-refractivity contribution in [3.05, 3.63) is 24.3 Å². The second-order valence-electron chi connectivity index (χ2n) is 30.8. The first kappa shape index (κ1) is 102. The Kier molecular flexibility index (Phi) is 72.9. The van der Waals surface area contributed by atoms with Gasteiger partial charge in [-0.3, -0.25) is 37.3 Å². The van der Waals surface area contributed by atoms with E-state index in [1.54, 1.807) is 0 Å². The molecule has 0 aliphatic heterocycles. The number of aliphatic hydroxyl groups is 1. The Balaban J connectivity index is 5.25. The number of carbonyl (C=O) groups excluding carboxylic acids is 4. The number of hydrogen-bond donors (Lipinski definition) is 3. The smallest absolute Gasteiger partial charge is 0.462 e. The van der Waals surface area contributed by atoms with Crippen LogP contribution in [-0.4, -0.2) is 96.7 Å². The lowest BCUT2D eigenvalue weighted by Gasteiger charge is -2.21. The van der Waals surface area contributed by atoms with Crippen molar-refractivity contribution >= 4 is 39.5 Å². The van der Waals surface area contributed by atoms with Gasteiger partial charge in [0.2, 0.25) is 0 Å². The van der Waals surface area contributed by atoms with E-state index in [-0.39, 0.29) is 25.7 Å². The maximum atomic E-state index is 13.1. The van der Waals surface area contributed by atoms with E-state index in [1.165, 1.54) is 205 Å². The van der Waals surface area contributed by atoms with Gasteiger partial charge in [0.1, 0.15) is 19.3 Å². The number of ether oxygens (including phenoxy) is 4. The normalized spacial score (nSPS) is 14.6. The summed E-state index contributed by atoms with van der Waals surface area (Å²) >= 11 is 0. The van der Waals surface area contributed by atoms with Gasteiger partial charge < -0.3 is 33.8 Å². The number of carbonyl (C=O) groups is 4. The molecule has 0 aromatic carbocycles. The zero-order valence-electron chi connectivity index (χ0n) is 68.0. The fourth-order valence-corrected chi connectivity index (χ4v) is 14.2. The summed E-state index contributed by atoms with van der Waals surface area (Å²) in [5.41, 5.74) is 0. The molecule has 0 heterocycles. The highest BCUT2D eigenvalue weighted by Crippen LogP contribution is 2.45. The van der Waals surface area contributed by atoms with Crippen LogP contribution in [0.4, 0.5) is 0 Å². The number of unbranched alkanes of at least 4 members (excludes halogenated alkanes) is 44. The zero-order valence-corrected chi connectivity index (χ0v) is 69.8. The predicted octanol–water partition coefficient (Wildman–Crippen LogP) is 25.3. The van der Waals surface area contributed by atoms with E-state index in [9.17, 15) is 43.2 Å². The highest BCUT2D eigenvalue weighted by atomic mass is 31.2. The monoisotopic (exact) mass is 1520 g/mol. The van der Waals surface area contributed by atoms with Gasteiger partial charge in [0, 0.05) is 25.7 Å². The van der Waals surface area contributed by atoms with Gasteiger partial charge in [-0.2, -0.15) is 0 Å². The Morgan fingerprint density at radius 1 is 0.317 bits per heavy atom. The van der Waals surface area contributed by atoms with Crippen LogP contribution < -0.4 is 0 Å². The third-order valence-corrected chi connectivity index (χ3v) is 21.9. The van der Waals surface area contributed by atoms with E-state index in [0.29, 0.717) is 25.7 Å². The van der Waals surface area contributed by atoms with Gasteiger partial charge in [0.05, 0.1) is 26.4 Å². The maximum absolute atomic E-state index is 13.1. The molecule has 0 amide bonds. The molecular formula is C85H162O17P2. The Bertz CT molecular complexity index is 2110. The van der Waals surface area contributed by atoms with Gasteiger partial charge in [-0.25, -0.2) is 9.13 Å². The lowest BCUT2D eigenvalue weighted by molar-refractivity contribution is -0.161. The van der Waals surface area contributed by atoms with Crippen LogP contribution in [0, 0.1) is 17.8 Å². The summed E-state index contributed by atoms with van der Waals surface area (Å²) < 4.78 is 68.8. The van der Waals surface area contributed by atoms with Gasteiger partial charge in [-0.1, -0.05) is 368 Å². The van der Waals surface area contributed by atoms with Crippen LogP contribution in [0.15, 0.2) is 24.3 Å². The molecule has 0 fully saturated rings. The minimum Gasteiger partial charge on any atom is -0.462 e. The molecule has 4 unspecified atom stereocenters. The molecule has 0 aromatic rings. The molecule has 0 rings (SSSR count). The van der Waals surface area contributed by atoms with Gasteiger partial charge in [-0.05, 0) is 69.1 Å². The maximum Gasteiger partial charge on any atom is 0.472 e. The van der Waals surface area contributed by atoms with Gasteiger partial charge in [-0.15, -0.1) is 0 Å². The van der Waals surface area contributed by atoms with Crippen molar-refractivity contribution in [2.75, 3.05) is 39.6 Å². The van der Waals surface area contributed by atoms with E-state index < -0.39 is 97.5 Å². The summed E-state index contributed by atoms with van der Waals surface area (Å²) in [5, 5.41) is 10.7. The third kappa shape index (κ3) is 75.0. The van der Waals surface area contributed by atoms with Crippen molar-refractivity contribution in [1.29, 1.82) is 0 Å². The molecule has 0 radical (unpaired) electrons. The van der Waals surface area contributed by atoms with Crippen LogP contribution in [0.2, 0.25) is 0 Å². The van der Waals surface area contributed by atoms with Crippen molar-refractivity contribution in [3.63, 3.8) is 0 Å². The van der Waals surface area contributed by atoms with Crippen LogP contribution in [-0.2, 0) is 65.4 Å². The topological polar surface area (TPSA) is 237 Å². The molecular weight excluding hydrogens is 1350 g/mol. The van der Waals surface area contributed by atoms with Crippen LogP contribution in [0.1, 0.15) is 421 Å². The van der Waals surface area contributed by atoms with E-state index in [0.717, 1.165) is 133 Å². The first-order valence-electron chi connectivity index (χ1n) is 43.2. The summed E-state index contributed by atoms with van der Waals surface area (Å²) in [6, 6.07) is 0. The number of phosphoric acid groups is 2. The van der Waals surface area contributed by atoms with E-state index in [2.05, 4.69) is 72.8 Å². The second kappa shape index (κ2) is 74.6. The first-order chi connectivity index (χ1) is 50.3. The number of hydrogen-bond acceptors (Lipinski definition) is 15. The van der Waals surface area contributed by atoms with Crippen LogP contribution in [0.5, 0.6) is 0 Å². The standard InChI is InChI=1S/C85H162O17P2/c1-8-11-12-13-14-15-16-17-22-29-34-39-44-52-59-66-82(87)95-72-80(101-84(89)68-62-55-46-41-36-31-26-25-28-33-38-43-50-57-64-77(6)9-2)74-99-103(91,92)97-70-79(86)71-98-104(93,94)100-75-81(73-96-83(88)67-60-53-48-47-51-58-65-78(7)10-3)102-85(90)69-61-54-45-40-35-30-24-21-19-18-20-23-27-32-37-42-49-56-63-76(4)5/h15-17,22,76-81,86H,8-14,18-21,23-75H2,1-7H3,(H,91,92)(H,93,94)/b16-15-,22-17-/t77?,78?,79-,80-,81-/m1/s1. The molecule has 19 heteroatoms. The molecule has 0 spiro atoms. The number of rotatable bonds is 81. The molecule has 0 aliphatic carbocycles. The first-order valence-corrected chi connectivity index (χ1v) is 46.2. The summed E-state index contributed by atoms with van der Waals surface area (Å²) in [6.45, 7) is 11.9. The molecule has 0 bridgehead atoms. The summed E-state index contributed by atoms with van der Waals surface area (Å²) in [6.07, 6.45) is 67.4. The largest absolute Gasteiger partial charge is 0.472 e. The molecule has 0 aliphatic rings. The number of allylic oxidation sites excluding steroid dienone is 4. The molecule has 7 atom stereocenters. The average molecular weight is 1520 g/mol. The van der Waals surface area contributed by atoms with E-state index in [1.807, 2.05) is 0 Å². The molecule has 0 saturated heterocycles. The van der Waals surface area contributed by atoms with Crippen LogP contribution >= 0.6 is 15.6 Å². The molecule has 0 saturated carbocycles. The predicted molar refractivity (Wildman–Crippen MR) is 427 cm³/mol. The Morgan fingerprint density at radius 2 is 0.567 bits per heavy atom. The summed E-state index contributed by atoms with van der Waals surface area (Å²) in [4.78, 5) is 73.1. The number of aliphatic hydroxyl groups excluding tert-OH is 1. The van der Waals surface area contributed by atoms with Crippen molar-refractivity contribution in [3.8, 4) is 0 Å². The van der Waals surface area contributed by atoms with Gasteiger partial charge >= 0.3 is 39.5 Å². The second-order valence-corrected chi connectivity index (χ2v) is 33.8. The van der Waals surface area contributed by atoms with Crippen LogP contribution in [0.25, 0.3) is 0 Å². The summed E-state index contributed by atoms with van der Waals surface area (Å²) in [5.74, 6) is 0.254. The minimum absolute atomic E-state index is 0.101. The average Bonchev–Trinajstić information content (AvgIpc) is 0.906. The highest BCUT2D eigenvalue weighted by molar-refractivity contribution is 7.47. The Morgan fingerprint density at radius 3 is 0.856 bits per heavy atom. The fourth-order valence-electron chi connectivity index (χ4n) is 12.6. The molecule has 17 nitrogen and oxygen atoms in total. The molecule has 614 valence electrons. The van der Waals surface area contributed by atoms with Crippen molar-refractivity contribution in [2.24, 2.45) is 17.8 Å². The van der Waals surface area contributed by atoms with E-state index in [4.69, 9.17) is 37.0 Å². The summed E-state index contributed by atoms with van der Waals surface area (Å²) in [7, 11) is -9.94. The van der Waals surface area contributed by atoms with Crippen molar-refractivity contribution in [1.82, 2.24) is 0 Å². The Hall–Kier alpha value is -2.46. The van der Waals surface area contributed by atoms with E-state index >= 15 is 0 Å². The van der Waals surface area contributed by atoms with Crippen LogP contribution in [0.3, 0.4) is 0 Å². The quantitative estimate of drug-likeness (QED) is 0.0169. The van der Waals surface area contributed by atoms with Gasteiger partial charge in [0.25, 0.3) is 0 Å².